The molecule has 1 aliphatic heterocycles. The third kappa shape index (κ3) is 4.19. The molecule has 0 spiro atoms. The molecule has 7 nitrogen and oxygen atoms in total. The van der Waals surface area contributed by atoms with Crippen molar-refractivity contribution in [1.29, 1.82) is 0 Å². The van der Waals surface area contributed by atoms with Gasteiger partial charge in [0.05, 0.1) is 10.5 Å². The van der Waals surface area contributed by atoms with Gasteiger partial charge in [0.2, 0.25) is 0 Å². The van der Waals surface area contributed by atoms with Gasteiger partial charge < -0.3 is 10.2 Å². The molecule has 166 valence electrons. The van der Waals surface area contributed by atoms with Crippen molar-refractivity contribution < 1.29 is 13.8 Å². The molecule has 3 aliphatic rings. The zero-order valence-electron chi connectivity index (χ0n) is 18.4. The van der Waals surface area contributed by atoms with Crippen molar-refractivity contribution in [3.05, 3.63) is 51.0 Å². The van der Waals surface area contributed by atoms with Gasteiger partial charge in [-0.15, -0.1) is 4.36 Å². The highest BCUT2D eigenvalue weighted by molar-refractivity contribution is 7.97. The number of aryl methyl sites for hydroxylation is 2. The molecule has 1 saturated heterocycles. The number of carbonyl (C=O) groups is 2. The Bertz CT molecular complexity index is 1090. The molecule has 1 atom stereocenters. The van der Waals surface area contributed by atoms with Gasteiger partial charge in [-0.25, -0.2) is 9.00 Å². The van der Waals surface area contributed by atoms with Crippen LogP contribution >= 0.6 is 0 Å². The summed E-state index contributed by atoms with van der Waals surface area (Å²) in [5, 5.41) is 2.94. The average Bonchev–Trinajstić information content (AvgIpc) is 3.39. The van der Waals surface area contributed by atoms with E-state index in [1.807, 2.05) is 19.0 Å². The first-order valence-electron chi connectivity index (χ1n) is 10.9. The number of carbonyl (C=O) groups excluding carboxylic acids is 2. The number of fused-ring (bicyclic) bond motifs is 2. The van der Waals surface area contributed by atoms with Crippen LogP contribution in [0, 0.1) is 0 Å². The van der Waals surface area contributed by atoms with E-state index in [1.54, 1.807) is 19.1 Å². The molecular weight excluding hydrogens is 412 g/mol. The molecule has 31 heavy (non-hydrogen) atoms. The first-order valence-corrected chi connectivity index (χ1v) is 12.4. The average molecular weight is 443 g/mol. The van der Waals surface area contributed by atoms with E-state index >= 15 is 0 Å². The predicted octanol–water partition coefficient (Wildman–Crippen LogP) is 3.49. The molecule has 1 aromatic carbocycles. The molecule has 3 amide bonds. The van der Waals surface area contributed by atoms with E-state index in [0.717, 1.165) is 50.8 Å². The van der Waals surface area contributed by atoms with E-state index in [0.29, 0.717) is 12.0 Å². The van der Waals surface area contributed by atoms with E-state index in [1.165, 1.54) is 22.3 Å². The number of urea groups is 1. The van der Waals surface area contributed by atoms with Crippen molar-refractivity contribution in [2.45, 2.75) is 51.9 Å². The smallest absolute Gasteiger partial charge is 0.309 e. The summed E-state index contributed by atoms with van der Waals surface area (Å²) in [4.78, 5) is 27.7. The number of hydrogen-bond donors (Lipinski definition) is 2. The maximum Gasteiger partial charge on any atom is 0.355 e. The first kappa shape index (κ1) is 21.8. The van der Waals surface area contributed by atoms with Crippen molar-refractivity contribution >= 4 is 27.5 Å². The summed E-state index contributed by atoms with van der Waals surface area (Å²) >= 11 is 0. The zero-order valence-corrected chi connectivity index (χ0v) is 19.2. The largest absolute Gasteiger partial charge is 0.355 e. The molecule has 2 N–H and O–H groups in total. The Morgan fingerprint density at radius 2 is 1.84 bits per heavy atom. The zero-order chi connectivity index (χ0) is 22.2. The second-order valence-electron chi connectivity index (χ2n) is 8.58. The fraction of sp³-hybridized carbons (Fsp3) is 0.478. The molecule has 2 aliphatic carbocycles. The second-order valence-corrected chi connectivity index (χ2v) is 10.5. The minimum Gasteiger partial charge on any atom is -0.309 e. The lowest BCUT2D eigenvalue weighted by atomic mass is 9.99. The Labute approximate surface area is 184 Å². The minimum absolute atomic E-state index is 0.287. The number of amides is 3. The Balaban J connectivity index is 1.63. The van der Waals surface area contributed by atoms with E-state index in [4.69, 9.17) is 0 Å². The Kier molecular flexibility index (Phi) is 6.03. The van der Waals surface area contributed by atoms with Gasteiger partial charge in [0.15, 0.2) is 9.92 Å². The van der Waals surface area contributed by atoms with Crippen LogP contribution in [0.3, 0.4) is 0 Å². The Morgan fingerprint density at radius 3 is 2.42 bits per heavy atom. The molecule has 1 heterocycles. The van der Waals surface area contributed by atoms with Gasteiger partial charge in [-0.1, -0.05) is 18.2 Å². The van der Waals surface area contributed by atoms with Gasteiger partial charge in [0, 0.05) is 12.2 Å². The molecule has 0 saturated carbocycles. The lowest BCUT2D eigenvalue weighted by Gasteiger charge is -2.15. The normalized spacial score (nSPS) is 24.6. The summed E-state index contributed by atoms with van der Waals surface area (Å²) in [6.07, 6.45) is 10.1. The number of anilines is 1. The molecule has 1 aromatic rings. The quantitative estimate of drug-likeness (QED) is 0.699. The summed E-state index contributed by atoms with van der Waals surface area (Å²) in [7, 11) is 0.548. The Hall–Kier alpha value is -2.45. The van der Waals surface area contributed by atoms with Crippen LogP contribution in [0.15, 0.2) is 33.1 Å². The van der Waals surface area contributed by atoms with Crippen LogP contribution in [-0.2, 0) is 40.4 Å². The maximum absolute atomic E-state index is 13.5. The number of hydrogen-bond acceptors (Lipinski definition) is 4. The number of rotatable bonds is 4. The number of allylic oxidation sites excluding steroid dienone is 1. The van der Waals surface area contributed by atoms with Crippen LogP contribution in [0.1, 0.15) is 48.4 Å². The van der Waals surface area contributed by atoms with Crippen LogP contribution < -0.4 is 10.0 Å². The van der Waals surface area contributed by atoms with Crippen LogP contribution in [0.25, 0.3) is 0 Å². The maximum atomic E-state index is 13.5. The molecule has 0 radical (unpaired) electrons. The highest BCUT2D eigenvalue weighted by atomic mass is 32.2. The van der Waals surface area contributed by atoms with Crippen molar-refractivity contribution in [3.63, 3.8) is 0 Å². The van der Waals surface area contributed by atoms with Gasteiger partial charge in [0.1, 0.15) is 0 Å². The van der Waals surface area contributed by atoms with Crippen molar-refractivity contribution in [1.82, 2.24) is 9.62 Å². The highest BCUT2D eigenvalue weighted by Gasteiger charge is 2.35. The van der Waals surface area contributed by atoms with Crippen molar-refractivity contribution in [2.75, 3.05) is 26.0 Å². The summed E-state index contributed by atoms with van der Waals surface area (Å²) < 4.78 is 19.9. The van der Waals surface area contributed by atoms with Gasteiger partial charge in [-0.2, -0.15) is 0 Å². The summed E-state index contributed by atoms with van der Waals surface area (Å²) in [6.45, 7) is 2.47. The summed E-state index contributed by atoms with van der Waals surface area (Å²) in [6, 6.07) is 1.62. The van der Waals surface area contributed by atoms with Gasteiger partial charge in [-0.3, -0.25) is 9.52 Å². The molecule has 1 fully saturated rings. The lowest BCUT2D eigenvalue weighted by molar-refractivity contribution is -0.115. The fourth-order valence-corrected chi connectivity index (χ4v) is 6.45. The molecular formula is C23H30N4O3S. The van der Waals surface area contributed by atoms with Gasteiger partial charge in [-0.05, 0) is 88.2 Å². The highest BCUT2D eigenvalue weighted by Crippen LogP contribution is 2.38. The minimum atomic E-state index is -3.35. The number of nitrogens with zero attached hydrogens (tertiary/aromatic N) is 2. The van der Waals surface area contributed by atoms with Gasteiger partial charge in [0.25, 0.3) is 5.91 Å². The summed E-state index contributed by atoms with van der Waals surface area (Å²) in [5.74, 6) is -0.449. The second kappa shape index (κ2) is 8.59. The molecule has 8 heteroatoms. The first-order chi connectivity index (χ1) is 14.8. The van der Waals surface area contributed by atoms with Crippen LogP contribution in [0.2, 0.25) is 0 Å². The third-order valence-corrected chi connectivity index (χ3v) is 8.08. The Morgan fingerprint density at radius 1 is 1.19 bits per heavy atom. The topological polar surface area (TPSA) is 90.9 Å². The van der Waals surface area contributed by atoms with E-state index in [2.05, 4.69) is 20.5 Å². The van der Waals surface area contributed by atoms with Gasteiger partial charge >= 0.3 is 6.03 Å². The monoisotopic (exact) mass is 442 g/mol. The van der Waals surface area contributed by atoms with Crippen LogP contribution in [-0.4, -0.2) is 41.7 Å². The number of benzene rings is 1. The molecule has 0 bridgehead atoms. The fourth-order valence-electron chi connectivity index (χ4n) is 4.76. The van der Waals surface area contributed by atoms with Crippen LogP contribution in [0.4, 0.5) is 10.5 Å². The standard InChI is InChI=1S/C23H30N4O3S/c1-4-20-19(12-7-13-27(2)3)22(28)25-31(20,30)26-23(29)24-21-17-10-5-8-15(17)14-16-9-6-11-18(16)21/h4,12,14H,5-11,13H2,1-3H3,(H2,24,25,26,28,29,30)/b19-12+,20-4+. The molecule has 0 aromatic heterocycles. The van der Waals surface area contributed by atoms with E-state index in [-0.39, 0.29) is 4.91 Å². The van der Waals surface area contributed by atoms with Crippen LogP contribution in [0.5, 0.6) is 0 Å². The van der Waals surface area contributed by atoms with Crippen molar-refractivity contribution in [3.8, 4) is 0 Å². The SMILES string of the molecule is C/C=C1\C(=C/CCN(C)C)C(=O)NS1(=O)=NC(=O)Nc1c2c(cc3c1CCC3)CCC2. The predicted molar refractivity (Wildman–Crippen MR) is 123 cm³/mol. The lowest BCUT2D eigenvalue weighted by Crippen LogP contribution is -2.23. The van der Waals surface area contributed by atoms with Crippen molar-refractivity contribution in [2.24, 2.45) is 4.36 Å². The third-order valence-electron chi connectivity index (χ3n) is 6.14. The molecule has 4 rings (SSSR count). The van der Waals surface area contributed by atoms with E-state index < -0.39 is 21.9 Å². The summed E-state index contributed by atoms with van der Waals surface area (Å²) in [5.41, 5.74) is 6.17. The molecule has 1 unspecified atom stereocenters. The van der Waals surface area contributed by atoms with E-state index in [9.17, 15) is 13.8 Å². The number of nitrogens with one attached hydrogen (secondary N) is 2.